The van der Waals surface area contributed by atoms with E-state index in [9.17, 15) is 8.42 Å². The van der Waals surface area contributed by atoms with E-state index >= 15 is 0 Å². The summed E-state index contributed by atoms with van der Waals surface area (Å²) in [4.78, 5) is 0. The Morgan fingerprint density at radius 1 is 1.21 bits per heavy atom. The number of hydrogen-bond donors (Lipinski definition) is 1. The monoisotopic (exact) mass is 289 g/mol. The number of nitrogens with zero attached hydrogens (tertiary/aromatic N) is 2. The maximum atomic E-state index is 12.7. The van der Waals surface area contributed by atoms with Crippen LogP contribution in [0.5, 0.6) is 0 Å². The third-order valence-corrected chi connectivity index (χ3v) is 6.47. The first-order chi connectivity index (χ1) is 9.09. The molecule has 0 bridgehead atoms. The standard InChI is InChI=1S/C13H27N3O2S/c1-2-5-12-7-9-15(11-12)19(17,18)16-8-4-3-6-13(16)10-14/h12-13H,2-11,14H2,1H3. The Morgan fingerprint density at radius 2 is 2.00 bits per heavy atom. The topological polar surface area (TPSA) is 66.6 Å². The molecular formula is C13H27N3O2S. The van der Waals surface area contributed by atoms with E-state index in [1.807, 2.05) is 0 Å². The van der Waals surface area contributed by atoms with Crippen molar-refractivity contribution in [1.82, 2.24) is 8.61 Å². The lowest BCUT2D eigenvalue weighted by Gasteiger charge is -2.36. The van der Waals surface area contributed by atoms with Crippen molar-refractivity contribution in [2.75, 3.05) is 26.2 Å². The quantitative estimate of drug-likeness (QED) is 0.826. The molecule has 0 aromatic rings. The molecule has 0 aliphatic carbocycles. The minimum Gasteiger partial charge on any atom is -0.329 e. The summed E-state index contributed by atoms with van der Waals surface area (Å²) in [6.45, 7) is 4.61. The first kappa shape index (κ1) is 15.2. The van der Waals surface area contributed by atoms with Crippen molar-refractivity contribution < 1.29 is 8.42 Å². The van der Waals surface area contributed by atoms with Crippen molar-refractivity contribution in [3.8, 4) is 0 Å². The molecule has 0 amide bonds. The van der Waals surface area contributed by atoms with Crippen LogP contribution in [-0.2, 0) is 10.2 Å². The van der Waals surface area contributed by atoms with Gasteiger partial charge in [-0.2, -0.15) is 17.0 Å². The van der Waals surface area contributed by atoms with E-state index in [0.29, 0.717) is 32.1 Å². The van der Waals surface area contributed by atoms with E-state index in [2.05, 4.69) is 6.92 Å². The van der Waals surface area contributed by atoms with E-state index in [-0.39, 0.29) is 6.04 Å². The summed E-state index contributed by atoms with van der Waals surface area (Å²) in [5.41, 5.74) is 5.74. The van der Waals surface area contributed by atoms with Crippen LogP contribution in [0.1, 0.15) is 45.4 Å². The van der Waals surface area contributed by atoms with Crippen molar-refractivity contribution in [3.05, 3.63) is 0 Å². The first-order valence-corrected chi connectivity index (χ1v) is 8.96. The van der Waals surface area contributed by atoms with Crippen LogP contribution in [-0.4, -0.2) is 49.2 Å². The Labute approximate surface area is 117 Å². The van der Waals surface area contributed by atoms with E-state index in [1.54, 1.807) is 8.61 Å². The first-order valence-electron chi connectivity index (χ1n) is 7.56. The average molecular weight is 289 g/mol. The summed E-state index contributed by atoms with van der Waals surface area (Å²) in [6, 6.07) is 0.00368. The second-order valence-electron chi connectivity index (χ2n) is 5.81. The van der Waals surface area contributed by atoms with Gasteiger partial charge in [0.1, 0.15) is 0 Å². The van der Waals surface area contributed by atoms with Gasteiger partial charge in [0.25, 0.3) is 10.2 Å². The summed E-state index contributed by atoms with van der Waals surface area (Å²) in [6.07, 6.45) is 6.23. The van der Waals surface area contributed by atoms with Gasteiger partial charge in [0.05, 0.1) is 0 Å². The third-order valence-electron chi connectivity index (χ3n) is 4.41. The van der Waals surface area contributed by atoms with E-state index in [1.165, 1.54) is 0 Å². The second kappa shape index (κ2) is 6.52. The Bertz CT molecular complexity index is 385. The normalized spacial score (nSPS) is 30.8. The molecule has 6 heteroatoms. The summed E-state index contributed by atoms with van der Waals surface area (Å²) in [7, 11) is -3.29. The molecule has 0 saturated carbocycles. The zero-order chi connectivity index (χ0) is 13.9. The van der Waals surface area contributed by atoms with Crippen molar-refractivity contribution in [1.29, 1.82) is 0 Å². The molecule has 5 nitrogen and oxygen atoms in total. The zero-order valence-electron chi connectivity index (χ0n) is 11.9. The molecule has 0 radical (unpaired) electrons. The highest BCUT2D eigenvalue weighted by Crippen LogP contribution is 2.28. The highest BCUT2D eigenvalue weighted by Gasteiger charge is 2.38. The summed E-state index contributed by atoms with van der Waals surface area (Å²) >= 11 is 0. The molecule has 2 unspecified atom stereocenters. The van der Waals surface area contributed by atoms with Crippen LogP contribution in [0.3, 0.4) is 0 Å². The molecule has 19 heavy (non-hydrogen) atoms. The van der Waals surface area contributed by atoms with Crippen LogP contribution in [0.2, 0.25) is 0 Å². The third kappa shape index (κ3) is 3.29. The number of hydrogen-bond acceptors (Lipinski definition) is 3. The van der Waals surface area contributed by atoms with Crippen LogP contribution in [0.4, 0.5) is 0 Å². The van der Waals surface area contributed by atoms with Gasteiger partial charge in [-0.3, -0.25) is 0 Å². The number of rotatable bonds is 5. The molecular weight excluding hydrogens is 262 g/mol. The SMILES string of the molecule is CCCC1CCN(S(=O)(=O)N2CCCCC2CN)C1. The highest BCUT2D eigenvalue weighted by atomic mass is 32.2. The minimum absolute atomic E-state index is 0.00368. The molecule has 2 aliphatic rings. The van der Waals surface area contributed by atoms with Gasteiger partial charge >= 0.3 is 0 Å². The molecule has 0 aromatic carbocycles. The summed E-state index contributed by atoms with van der Waals surface area (Å²) < 4.78 is 28.7. The molecule has 112 valence electrons. The van der Waals surface area contributed by atoms with Crippen LogP contribution >= 0.6 is 0 Å². The lowest BCUT2D eigenvalue weighted by molar-refractivity contribution is 0.239. The van der Waals surface area contributed by atoms with Gasteiger partial charge in [0.15, 0.2) is 0 Å². The largest absolute Gasteiger partial charge is 0.329 e. The fourth-order valence-electron chi connectivity index (χ4n) is 3.31. The maximum Gasteiger partial charge on any atom is 0.282 e. The van der Waals surface area contributed by atoms with Crippen LogP contribution in [0.15, 0.2) is 0 Å². The fourth-order valence-corrected chi connectivity index (χ4v) is 5.27. The van der Waals surface area contributed by atoms with Crippen molar-refractivity contribution >= 4 is 10.2 Å². The van der Waals surface area contributed by atoms with Crippen molar-refractivity contribution in [2.45, 2.75) is 51.5 Å². The predicted octanol–water partition coefficient (Wildman–Crippen LogP) is 1.17. The molecule has 2 heterocycles. The van der Waals surface area contributed by atoms with Crippen molar-refractivity contribution in [3.63, 3.8) is 0 Å². The predicted molar refractivity (Wildman–Crippen MR) is 76.9 cm³/mol. The van der Waals surface area contributed by atoms with E-state index in [0.717, 1.165) is 38.5 Å². The Balaban J connectivity index is 2.05. The Morgan fingerprint density at radius 3 is 2.68 bits per heavy atom. The second-order valence-corrected chi connectivity index (χ2v) is 7.69. The van der Waals surface area contributed by atoms with Gasteiger partial charge in [0, 0.05) is 32.2 Å². The van der Waals surface area contributed by atoms with E-state index < -0.39 is 10.2 Å². The Kier molecular flexibility index (Phi) is 5.22. The molecule has 2 fully saturated rings. The van der Waals surface area contributed by atoms with Gasteiger partial charge in [-0.15, -0.1) is 0 Å². The van der Waals surface area contributed by atoms with Gasteiger partial charge in [-0.05, 0) is 31.6 Å². The molecule has 2 saturated heterocycles. The lowest BCUT2D eigenvalue weighted by atomic mass is 10.0. The summed E-state index contributed by atoms with van der Waals surface area (Å²) in [5.74, 6) is 0.542. The van der Waals surface area contributed by atoms with E-state index in [4.69, 9.17) is 5.73 Å². The van der Waals surface area contributed by atoms with Gasteiger partial charge < -0.3 is 5.73 Å². The molecule has 2 N–H and O–H groups in total. The van der Waals surface area contributed by atoms with Crippen LogP contribution < -0.4 is 5.73 Å². The molecule has 2 atom stereocenters. The average Bonchev–Trinajstić information content (AvgIpc) is 2.88. The molecule has 0 aromatic heterocycles. The van der Waals surface area contributed by atoms with Gasteiger partial charge in [-0.25, -0.2) is 0 Å². The van der Waals surface area contributed by atoms with Gasteiger partial charge in [-0.1, -0.05) is 19.8 Å². The molecule has 2 aliphatic heterocycles. The lowest BCUT2D eigenvalue weighted by Crippen LogP contribution is -2.52. The minimum atomic E-state index is -3.29. The molecule has 2 rings (SSSR count). The molecule has 0 spiro atoms. The Hall–Kier alpha value is -0.170. The maximum absolute atomic E-state index is 12.7. The van der Waals surface area contributed by atoms with Crippen LogP contribution in [0.25, 0.3) is 0 Å². The smallest absolute Gasteiger partial charge is 0.282 e. The van der Waals surface area contributed by atoms with Gasteiger partial charge in [0.2, 0.25) is 0 Å². The highest BCUT2D eigenvalue weighted by molar-refractivity contribution is 7.86. The number of piperidine rings is 1. The zero-order valence-corrected chi connectivity index (χ0v) is 12.7. The number of nitrogens with two attached hydrogens (primary N) is 1. The summed E-state index contributed by atoms with van der Waals surface area (Å²) in [5, 5.41) is 0. The van der Waals surface area contributed by atoms with Crippen LogP contribution in [0, 0.1) is 5.92 Å². The fraction of sp³-hybridized carbons (Fsp3) is 1.00. The van der Waals surface area contributed by atoms with Crippen molar-refractivity contribution in [2.24, 2.45) is 11.7 Å².